The zero-order valence-electron chi connectivity index (χ0n) is 27.0. The summed E-state index contributed by atoms with van der Waals surface area (Å²) < 4.78 is 77.8. The number of fused-ring (bicyclic) bond motifs is 2. The molecule has 2 aliphatic carbocycles. The summed E-state index contributed by atoms with van der Waals surface area (Å²) in [6, 6.07) is 6.72. The van der Waals surface area contributed by atoms with Crippen molar-refractivity contribution in [3.63, 3.8) is 0 Å². The Hall–Kier alpha value is -1.74. The molecule has 0 radical (unpaired) electrons. The topological polar surface area (TPSA) is 150 Å². The molecule has 4 aliphatic rings. The minimum atomic E-state index is -3.65. The summed E-state index contributed by atoms with van der Waals surface area (Å²) in [5, 5.41) is 6.47. The van der Waals surface area contributed by atoms with Crippen molar-refractivity contribution in [1.29, 1.82) is 0 Å². The van der Waals surface area contributed by atoms with Crippen LogP contribution in [0.1, 0.15) is 57.9 Å². The first kappa shape index (κ1) is 34.6. The molecular weight excluding hydrogens is 637 g/mol. The Morgan fingerprint density at radius 3 is 2.27 bits per heavy atom. The van der Waals surface area contributed by atoms with E-state index >= 15 is 0 Å². The first-order valence-corrected chi connectivity index (χ1v) is 21.6. The summed E-state index contributed by atoms with van der Waals surface area (Å²) in [6.07, 6.45) is 4.20. The first-order chi connectivity index (χ1) is 20.9. The highest BCUT2D eigenvalue weighted by atomic mass is 32.2. The number of carbonyl (C=O) groups is 1. The maximum Gasteiger partial charge on any atom is 0.237 e. The van der Waals surface area contributed by atoms with Gasteiger partial charge in [-0.1, -0.05) is 32.0 Å². The van der Waals surface area contributed by atoms with E-state index < -0.39 is 41.2 Å². The molecule has 1 unspecified atom stereocenters. The van der Waals surface area contributed by atoms with Gasteiger partial charge in [0.2, 0.25) is 15.9 Å². The Labute approximate surface area is 269 Å². The maximum atomic E-state index is 14.1. The van der Waals surface area contributed by atoms with Crippen LogP contribution in [0.4, 0.5) is 5.69 Å². The Balaban J connectivity index is 1.30. The SMILES string of the molecule is Cc1ccccc1N1CCN(S(=O)(=O)C[C@]23CCC(C[C@@H]2NC(=O)[C@H](CCS(C)(=O)=O)NC2CCS(=O)(=O)CC2)C3(C)C)CC1. The Morgan fingerprint density at radius 2 is 1.67 bits per heavy atom. The molecule has 0 aromatic heterocycles. The van der Waals surface area contributed by atoms with Gasteiger partial charge in [0, 0.05) is 55.6 Å². The number of anilines is 1. The summed E-state index contributed by atoms with van der Waals surface area (Å²) in [5.74, 6) is -0.240. The van der Waals surface area contributed by atoms with Gasteiger partial charge in [-0.3, -0.25) is 4.79 Å². The van der Waals surface area contributed by atoms with Crippen molar-refractivity contribution >= 4 is 41.3 Å². The molecule has 4 atom stereocenters. The molecule has 1 amide bonds. The summed E-state index contributed by atoms with van der Waals surface area (Å²) in [5.41, 5.74) is 1.32. The van der Waals surface area contributed by atoms with Crippen molar-refractivity contribution in [2.24, 2.45) is 16.7 Å². The van der Waals surface area contributed by atoms with E-state index in [1.807, 2.05) is 12.1 Å². The van der Waals surface area contributed by atoms with Gasteiger partial charge in [-0.2, -0.15) is 4.31 Å². The van der Waals surface area contributed by atoms with Crippen LogP contribution >= 0.6 is 0 Å². The number of piperazine rings is 1. The largest absolute Gasteiger partial charge is 0.369 e. The first-order valence-electron chi connectivity index (χ1n) is 16.2. The molecule has 5 rings (SSSR count). The number of nitrogens with zero attached hydrogens (tertiary/aromatic N) is 2. The molecule has 2 heterocycles. The number of rotatable bonds is 11. The van der Waals surface area contributed by atoms with Crippen molar-refractivity contribution in [3.05, 3.63) is 29.8 Å². The molecule has 2 saturated carbocycles. The van der Waals surface area contributed by atoms with E-state index in [2.05, 4.69) is 48.4 Å². The summed E-state index contributed by atoms with van der Waals surface area (Å²) in [4.78, 5) is 16.1. The third kappa shape index (κ3) is 7.39. The quantitative estimate of drug-likeness (QED) is 0.355. The van der Waals surface area contributed by atoms with Gasteiger partial charge >= 0.3 is 0 Å². The maximum absolute atomic E-state index is 14.1. The van der Waals surface area contributed by atoms with Crippen LogP contribution in [-0.4, -0.2) is 109 Å². The lowest BCUT2D eigenvalue weighted by atomic mass is 9.69. The average molecular weight is 687 g/mol. The van der Waals surface area contributed by atoms with Gasteiger partial charge in [0.05, 0.1) is 29.1 Å². The number of nitrogens with one attached hydrogen (secondary N) is 2. The number of aryl methyl sites for hydroxylation is 1. The second-order valence-electron chi connectivity index (χ2n) is 14.4. The standard InChI is InChI=1S/C31H50N4O7S3/c1-23-7-5-6-8-27(23)34-14-16-35(17-15-34)45(41,42)22-31-13-9-24(30(31,2)3)21-28(31)33-29(36)26(12-18-43(4,37)38)32-25-10-19-44(39,40)20-11-25/h5-8,24-26,28,32H,9-22H2,1-4H3,(H,33,36)/t24?,26-,28-,31+/m0/s1. The number of sulfonamides is 1. The van der Waals surface area contributed by atoms with E-state index in [4.69, 9.17) is 0 Å². The molecule has 0 spiro atoms. The lowest BCUT2D eigenvalue weighted by Gasteiger charge is -2.45. The monoisotopic (exact) mass is 686 g/mol. The number of amides is 1. The molecule has 1 aromatic rings. The number of para-hydroxylation sites is 1. The molecule has 11 nitrogen and oxygen atoms in total. The van der Waals surface area contributed by atoms with Crippen LogP contribution in [0, 0.1) is 23.7 Å². The fourth-order valence-electron chi connectivity index (χ4n) is 8.40. The molecule has 2 aliphatic heterocycles. The van der Waals surface area contributed by atoms with Crippen molar-refractivity contribution in [2.45, 2.75) is 77.4 Å². The van der Waals surface area contributed by atoms with Crippen LogP contribution in [0.2, 0.25) is 0 Å². The van der Waals surface area contributed by atoms with Crippen LogP contribution in [0.25, 0.3) is 0 Å². The van der Waals surface area contributed by atoms with Gasteiger partial charge in [-0.05, 0) is 68.4 Å². The van der Waals surface area contributed by atoms with Crippen molar-refractivity contribution in [3.8, 4) is 0 Å². The highest BCUT2D eigenvalue weighted by Crippen LogP contribution is 2.66. The van der Waals surface area contributed by atoms with Crippen molar-refractivity contribution in [2.75, 3.05) is 60.3 Å². The molecular formula is C31H50N4O7S3. The van der Waals surface area contributed by atoms with Crippen LogP contribution in [0.3, 0.4) is 0 Å². The highest BCUT2D eigenvalue weighted by molar-refractivity contribution is 7.91. The predicted octanol–water partition coefficient (Wildman–Crippen LogP) is 1.73. The zero-order valence-corrected chi connectivity index (χ0v) is 29.4. The van der Waals surface area contributed by atoms with Gasteiger partial charge in [0.15, 0.2) is 0 Å². The summed E-state index contributed by atoms with van der Waals surface area (Å²) in [6.45, 7) is 8.35. The normalized spacial score (nSPS) is 29.5. The Morgan fingerprint density at radius 1 is 1.02 bits per heavy atom. The minimum absolute atomic E-state index is 0.0315. The van der Waals surface area contributed by atoms with E-state index in [0.717, 1.165) is 23.9 Å². The molecule has 45 heavy (non-hydrogen) atoms. The van der Waals surface area contributed by atoms with Crippen LogP contribution in [-0.2, 0) is 34.5 Å². The number of hydrogen-bond donors (Lipinski definition) is 2. The molecule has 1 aromatic carbocycles. The van der Waals surface area contributed by atoms with E-state index in [-0.39, 0.29) is 58.8 Å². The zero-order chi connectivity index (χ0) is 32.8. The van der Waals surface area contributed by atoms with E-state index in [1.165, 1.54) is 0 Å². The van der Waals surface area contributed by atoms with Crippen molar-refractivity contribution < 1.29 is 30.0 Å². The summed E-state index contributed by atoms with van der Waals surface area (Å²) in [7, 11) is -10.1. The second-order valence-corrected chi connectivity index (χ2v) is 20.9. The number of hydrogen-bond acceptors (Lipinski definition) is 9. The van der Waals surface area contributed by atoms with Gasteiger partial charge in [-0.15, -0.1) is 0 Å². The fraction of sp³-hybridized carbons (Fsp3) is 0.774. The second kappa shape index (κ2) is 12.7. The third-order valence-electron chi connectivity index (χ3n) is 11.4. The molecule has 2 N–H and O–H groups in total. The molecule has 14 heteroatoms. The van der Waals surface area contributed by atoms with Crippen LogP contribution < -0.4 is 15.5 Å². The lowest BCUT2D eigenvalue weighted by Crippen LogP contribution is -2.59. The van der Waals surface area contributed by atoms with Gasteiger partial charge in [-0.25, -0.2) is 25.3 Å². The Kier molecular flexibility index (Phi) is 9.76. The van der Waals surface area contributed by atoms with E-state index in [9.17, 15) is 30.0 Å². The molecule has 254 valence electrons. The van der Waals surface area contributed by atoms with E-state index in [0.29, 0.717) is 51.9 Å². The molecule has 2 bridgehead atoms. The molecule has 4 fully saturated rings. The summed E-state index contributed by atoms with van der Waals surface area (Å²) >= 11 is 0. The van der Waals surface area contributed by atoms with Gasteiger partial charge in [0.25, 0.3) is 0 Å². The lowest BCUT2D eigenvalue weighted by molar-refractivity contribution is -0.125. The van der Waals surface area contributed by atoms with Gasteiger partial charge < -0.3 is 15.5 Å². The number of benzene rings is 1. The molecule has 2 saturated heterocycles. The van der Waals surface area contributed by atoms with Crippen LogP contribution in [0.5, 0.6) is 0 Å². The smallest absolute Gasteiger partial charge is 0.237 e. The fourth-order valence-corrected chi connectivity index (χ4v) is 12.8. The number of carbonyl (C=O) groups excluding carboxylic acids is 1. The third-order valence-corrected chi connectivity index (χ3v) is 16.1. The average Bonchev–Trinajstić information content (AvgIpc) is 3.31. The highest BCUT2D eigenvalue weighted by Gasteiger charge is 2.66. The minimum Gasteiger partial charge on any atom is -0.369 e. The van der Waals surface area contributed by atoms with Crippen LogP contribution in [0.15, 0.2) is 24.3 Å². The predicted molar refractivity (Wildman–Crippen MR) is 177 cm³/mol. The van der Waals surface area contributed by atoms with E-state index in [1.54, 1.807) is 4.31 Å². The number of sulfone groups is 2. The van der Waals surface area contributed by atoms with Crippen molar-refractivity contribution in [1.82, 2.24) is 14.9 Å². The van der Waals surface area contributed by atoms with Gasteiger partial charge in [0.1, 0.15) is 19.7 Å². The Bertz CT molecular complexity index is 1570.